The molecule has 1 aromatic heterocycles. The third-order valence-electron chi connectivity index (χ3n) is 3.69. The lowest BCUT2D eigenvalue weighted by Crippen LogP contribution is -2.19. The van der Waals surface area contributed by atoms with Gasteiger partial charge in [0.1, 0.15) is 5.56 Å². The quantitative estimate of drug-likeness (QED) is 0.416. The van der Waals surface area contributed by atoms with Crippen molar-refractivity contribution in [3.05, 3.63) is 57.1 Å². The third kappa shape index (κ3) is 3.43. The molecule has 0 bridgehead atoms. The lowest BCUT2D eigenvalue weighted by atomic mass is 9.84. The van der Waals surface area contributed by atoms with Gasteiger partial charge in [-0.25, -0.2) is 19.4 Å². The zero-order valence-corrected chi connectivity index (χ0v) is 15.6. The highest BCUT2D eigenvalue weighted by atomic mass is 35.5. The van der Waals surface area contributed by atoms with Gasteiger partial charge in [0.25, 0.3) is 0 Å². The summed E-state index contributed by atoms with van der Waals surface area (Å²) in [6.07, 6.45) is 0. The van der Waals surface area contributed by atoms with Crippen molar-refractivity contribution in [2.75, 3.05) is 0 Å². The van der Waals surface area contributed by atoms with Gasteiger partial charge in [-0.05, 0) is 41.3 Å². The van der Waals surface area contributed by atoms with Crippen molar-refractivity contribution in [2.24, 2.45) is 0 Å². The zero-order valence-electron chi connectivity index (χ0n) is 14.1. The van der Waals surface area contributed by atoms with Crippen LogP contribution in [-0.2, 0) is 15.2 Å². The largest absolute Gasteiger partial charge is 0.390 e. The maximum absolute atomic E-state index is 12.4. The van der Waals surface area contributed by atoms with E-state index in [4.69, 9.17) is 37.2 Å². The van der Waals surface area contributed by atoms with Crippen molar-refractivity contribution in [3.63, 3.8) is 0 Å². The normalized spacial score (nSPS) is 11.6. The molecule has 0 aliphatic carbocycles. The molecule has 0 fully saturated rings. The number of hydrogen-bond donors (Lipinski definition) is 0. The molecule has 0 atom stereocenters. The lowest BCUT2D eigenvalue weighted by Gasteiger charge is -2.22. The van der Waals surface area contributed by atoms with Crippen LogP contribution in [0.15, 0.2) is 39.5 Å². The molecule has 0 aliphatic rings. The predicted molar refractivity (Wildman–Crippen MR) is 94.5 cm³/mol. The van der Waals surface area contributed by atoms with Gasteiger partial charge in [0.2, 0.25) is 11.2 Å². The van der Waals surface area contributed by atoms with Crippen molar-refractivity contribution in [2.45, 2.75) is 26.2 Å². The summed E-state index contributed by atoms with van der Waals surface area (Å²) in [6.45, 7) is 5.77. The molecule has 0 N–H and O–H groups in total. The SMILES string of the molecule is CC(C)(C)c1cc(Cl)ccc1C(=O)OOC(=O)c1ccc(Cl)c2ooc12. The fourth-order valence-corrected chi connectivity index (χ4v) is 2.74. The monoisotopic (exact) mass is 396 g/mol. The van der Waals surface area contributed by atoms with E-state index in [-0.39, 0.29) is 32.7 Å². The first kappa shape index (κ1) is 18.4. The number of halogens is 2. The van der Waals surface area contributed by atoms with Crippen LogP contribution in [0.5, 0.6) is 0 Å². The van der Waals surface area contributed by atoms with Gasteiger partial charge in [-0.2, -0.15) is 0 Å². The van der Waals surface area contributed by atoms with Crippen LogP contribution in [0.1, 0.15) is 47.1 Å². The minimum absolute atomic E-state index is 0.0237. The molecule has 3 rings (SSSR count). The van der Waals surface area contributed by atoms with Crippen LogP contribution in [0, 0.1) is 0 Å². The van der Waals surface area contributed by atoms with Gasteiger partial charge in [0.15, 0.2) is 0 Å². The summed E-state index contributed by atoms with van der Waals surface area (Å²) >= 11 is 11.9. The Hall–Kier alpha value is -2.44. The van der Waals surface area contributed by atoms with E-state index in [1.54, 1.807) is 12.1 Å². The Morgan fingerprint density at radius 3 is 2.04 bits per heavy atom. The van der Waals surface area contributed by atoms with Gasteiger partial charge >= 0.3 is 11.9 Å². The predicted octanol–water partition coefficient (Wildman–Crippen LogP) is 5.56. The summed E-state index contributed by atoms with van der Waals surface area (Å²) < 4.78 is 9.43. The van der Waals surface area contributed by atoms with E-state index in [1.165, 1.54) is 18.2 Å². The number of rotatable bonds is 2. The van der Waals surface area contributed by atoms with E-state index in [2.05, 4.69) is 4.89 Å². The van der Waals surface area contributed by atoms with Crippen molar-refractivity contribution >= 4 is 46.3 Å². The van der Waals surface area contributed by atoms with Crippen LogP contribution in [-0.4, -0.2) is 11.9 Å². The number of benzene rings is 2. The number of fused-ring (bicyclic) bond motifs is 1. The maximum Gasteiger partial charge on any atom is 0.390 e. The Morgan fingerprint density at radius 2 is 1.46 bits per heavy atom. The minimum atomic E-state index is -0.916. The second-order valence-electron chi connectivity index (χ2n) is 6.60. The van der Waals surface area contributed by atoms with Gasteiger partial charge in [-0.1, -0.05) is 44.0 Å². The number of carbonyl (C=O) groups is 2. The highest BCUT2D eigenvalue weighted by Crippen LogP contribution is 2.31. The molecular weight excluding hydrogens is 383 g/mol. The first-order valence-corrected chi connectivity index (χ1v) is 8.34. The van der Waals surface area contributed by atoms with E-state index in [9.17, 15) is 9.59 Å². The molecule has 0 saturated carbocycles. The van der Waals surface area contributed by atoms with Crippen molar-refractivity contribution < 1.29 is 28.5 Å². The lowest BCUT2D eigenvalue weighted by molar-refractivity contribution is -0.187. The van der Waals surface area contributed by atoms with Gasteiger partial charge in [0, 0.05) is 5.02 Å². The van der Waals surface area contributed by atoms with Crippen LogP contribution in [0.4, 0.5) is 0 Å². The van der Waals surface area contributed by atoms with Crippen LogP contribution in [0.25, 0.3) is 11.2 Å². The molecule has 0 saturated heterocycles. The molecule has 0 unspecified atom stereocenters. The van der Waals surface area contributed by atoms with Crippen LogP contribution < -0.4 is 0 Å². The summed E-state index contributed by atoms with van der Waals surface area (Å²) in [5, 5.41) is 0.775. The Bertz CT molecular complexity index is 993. The van der Waals surface area contributed by atoms with E-state index < -0.39 is 11.9 Å². The highest BCUT2D eigenvalue weighted by Gasteiger charge is 2.26. The first-order valence-electron chi connectivity index (χ1n) is 7.58. The van der Waals surface area contributed by atoms with Gasteiger partial charge in [-0.3, -0.25) is 9.15 Å². The summed E-state index contributed by atoms with van der Waals surface area (Å²) in [5.74, 6) is -1.73. The molecule has 0 aliphatic heterocycles. The zero-order chi connectivity index (χ0) is 19.1. The molecule has 0 spiro atoms. The second kappa shape index (κ2) is 6.70. The Kier molecular flexibility index (Phi) is 4.73. The van der Waals surface area contributed by atoms with E-state index in [0.29, 0.717) is 10.6 Å². The fraction of sp³-hybridized carbons (Fsp3) is 0.222. The molecule has 2 aromatic carbocycles. The van der Waals surface area contributed by atoms with Crippen molar-refractivity contribution in [1.82, 2.24) is 0 Å². The molecule has 0 amide bonds. The van der Waals surface area contributed by atoms with Crippen LogP contribution in [0.3, 0.4) is 0 Å². The topological polar surface area (TPSA) is 78.9 Å². The molecule has 3 aromatic rings. The molecule has 6 nitrogen and oxygen atoms in total. The van der Waals surface area contributed by atoms with E-state index >= 15 is 0 Å². The summed E-state index contributed by atoms with van der Waals surface area (Å²) in [6, 6.07) is 7.57. The summed E-state index contributed by atoms with van der Waals surface area (Å²) in [7, 11) is 0. The molecular formula is C18H14Cl2O6. The third-order valence-corrected chi connectivity index (χ3v) is 4.23. The molecule has 8 heteroatoms. The average Bonchev–Trinajstić information content (AvgIpc) is 2.53. The standard InChI is InChI=1S/C18H14Cl2O6/c1-18(2,3)12-8-9(19)4-5-10(12)16(21)25-26-17(22)11-6-7-13(20)15-14(11)23-24-15/h4-8H,1-3H3. The highest BCUT2D eigenvalue weighted by molar-refractivity contribution is 6.35. The Balaban J connectivity index is 1.78. The Morgan fingerprint density at radius 1 is 0.885 bits per heavy atom. The summed E-state index contributed by atoms with van der Waals surface area (Å²) in [4.78, 5) is 33.9. The van der Waals surface area contributed by atoms with E-state index in [0.717, 1.165) is 0 Å². The van der Waals surface area contributed by atoms with Crippen molar-refractivity contribution in [3.8, 4) is 0 Å². The van der Waals surface area contributed by atoms with Crippen LogP contribution >= 0.6 is 23.2 Å². The molecule has 136 valence electrons. The maximum atomic E-state index is 12.4. The Labute approximate surface area is 158 Å². The van der Waals surface area contributed by atoms with E-state index in [1.807, 2.05) is 20.8 Å². The molecule has 1 heterocycles. The van der Waals surface area contributed by atoms with Crippen LogP contribution in [0.2, 0.25) is 10.0 Å². The number of hydrogen-bond acceptors (Lipinski definition) is 6. The molecule has 26 heavy (non-hydrogen) atoms. The number of carbonyl (C=O) groups excluding carboxylic acids is 2. The van der Waals surface area contributed by atoms with Gasteiger partial charge < -0.3 is 0 Å². The fourth-order valence-electron chi connectivity index (χ4n) is 2.39. The summed E-state index contributed by atoms with van der Waals surface area (Å²) in [5.41, 5.74) is 0.918. The second-order valence-corrected chi connectivity index (χ2v) is 7.44. The average molecular weight is 397 g/mol. The minimum Gasteiger partial charge on any atom is -0.285 e. The first-order chi connectivity index (χ1) is 12.2. The molecule has 0 radical (unpaired) electrons. The van der Waals surface area contributed by atoms with Gasteiger partial charge in [0.05, 0.1) is 10.6 Å². The van der Waals surface area contributed by atoms with Gasteiger partial charge in [-0.15, -0.1) is 0 Å². The smallest absolute Gasteiger partial charge is 0.285 e. The van der Waals surface area contributed by atoms with Crippen molar-refractivity contribution in [1.29, 1.82) is 0 Å².